The van der Waals surface area contributed by atoms with Crippen molar-refractivity contribution in [1.82, 2.24) is 14.5 Å². The summed E-state index contributed by atoms with van der Waals surface area (Å²) in [6.45, 7) is 0. The van der Waals surface area contributed by atoms with Crippen molar-refractivity contribution in [2.75, 3.05) is 4.90 Å². The van der Waals surface area contributed by atoms with Crippen molar-refractivity contribution in [3.63, 3.8) is 0 Å². The van der Waals surface area contributed by atoms with Gasteiger partial charge in [0.25, 0.3) is 0 Å². The van der Waals surface area contributed by atoms with E-state index >= 15 is 0 Å². The molecule has 7 nitrogen and oxygen atoms in total. The Bertz CT molecular complexity index is 1220. The van der Waals surface area contributed by atoms with E-state index in [0.717, 1.165) is 0 Å². The molecule has 30 heavy (non-hydrogen) atoms. The van der Waals surface area contributed by atoms with Crippen LogP contribution in [0.3, 0.4) is 0 Å². The van der Waals surface area contributed by atoms with Crippen LogP contribution in [0.15, 0.2) is 54.0 Å². The summed E-state index contributed by atoms with van der Waals surface area (Å²) >= 11 is 1.20. The number of hydrogen-bond acceptors (Lipinski definition) is 6. The van der Waals surface area contributed by atoms with E-state index in [-0.39, 0.29) is 17.2 Å². The maximum Gasteiger partial charge on any atom is 0.573 e. The highest BCUT2D eigenvalue weighted by molar-refractivity contribution is 7.13. The number of hydrogen-bond donors (Lipinski definition) is 1. The van der Waals surface area contributed by atoms with E-state index in [1.54, 1.807) is 29.1 Å². The van der Waals surface area contributed by atoms with Gasteiger partial charge in [-0.2, -0.15) is 0 Å². The number of anilines is 3. The molecule has 0 spiro atoms. The first-order valence-electron chi connectivity index (χ1n) is 8.49. The molecule has 0 aliphatic carbocycles. The third kappa shape index (κ3) is 3.66. The van der Waals surface area contributed by atoms with E-state index in [9.17, 15) is 23.1 Å². The molecule has 0 unspecified atom stereocenters. The lowest BCUT2D eigenvalue weighted by Gasteiger charge is -2.23. The first kappa shape index (κ1) is 19.7. The van der Waals surface area contributed by atoms with Gasteiger partial charge in [-0.05, 0) is 30.3 Å². The second-order valence-corrected chi connectivity index (χ2v) is 7.02. The summed E-state index contributed by atoms with van der Waals surface area (Å²) in [6.07, 6.45) is -3.36. The molecule has 154 valence electrons. The molecular formula is C19H13F3N4O3S. The fourth-order valence-electron chi connectivity index (χ4n) is 3.00. The molecule has 2 aromatic carbocycles. The van der Waals surface area contributed by atoms with Crippen LogP contribution in [0.5, 0.6) is 5.75 Å². The molecule has 1 N–H and O–H groups in total. The minimum atomic E-state index is -4.88. The Kier molecular flexibility index (Phi) is 4.82. The molecule has 0 saturated carbocycles. The normalized spacial score (nSPS) is 11.6. The molecule has 0 amide bonds. The molecule has 2 heterocycles. The van der Waals surface area contributed by atoms with Gasteiger partial charge in [0.1, 0.15) is 0 Å². The monoisotopic (exact) mass is 434 g/mol. The Balaban J connectivity index is 1.93. The number of carbonyl (C=O) groups is 1. The summed E-state index contributed by atoms with van der Waals surface area (Å²) in [5.74, 6) is -1.27. The number of halogens is 3. The minimum absolute atomic E-state index is 0.0498. The highest BCUT2D eigenvalue weighted by Crippen LogP contribution is 2.42. The second kappa shape index (κ2) is 7.34. The quantitative estimate of drug-likeness (QED) is 0.471. The highest BCUT2D eigenvalue weighted by Gasteiger charge is 2.34. The Hall–Kier alpha value is -3.60. The van der Waals surface area contributed by atoms with Crippen LogP contribution in [0, 0.1) is 0 Å². The van der Waals surface area contributed by atoms with Gasteiger partial charge in [-0.3, -0.25) is 4.90 Å². The fourth-order valence-corrected chi connectivity index (χ4v) is 3.65. The van der Waals surface area contributed by atoms with E-state index in [2.05, 4.69) is 14.7 Å². The van der Waals surface area contributed by atoms with Crippen molar-refractivity contribution in [2.45, 2.75) is 6.36 Å². The number of carboxylic acid groups (broad SMARTS) is 1. The SMILES string of the molecule is Cn1c(N(c2nccs2)c2ccccc2OC(F)(F)F)nc2cc(C(=O)O)ccc21. The van der Waals surface area contributed by atoms with Gasteiger partial charge in [0.2, 0.25) is 5.95 Å². The van der Waals surface area contributed by atoms with E-state index in [4.69, 9.17) is 0 Å². The smallest absolute Gasteiger partial charge is 0.478 e. The van der Waals surface area contributed by atoms with Gasteiger partial charge in [-0.1, -0.05) is 12.1 Å². The van der Waals surface area contributed by atoms with Gasteiger partial charge in [-0.25, -0.2) is 14.8 Å². The number of fused-ring (bicyclic) bond motifs is 1. The van der Waals surface area contributed by atoms with Gasteiger partial charge in [-0.15, -0.1) is 24.5 Å². The molecule has 2 aromatic heterocycles. The van der Waals surface area contributed by atoms with Crippen molar-refractivity contribution in [3.8, 4) is 5.75 Å². The van der Waals surface area contributed by atoms with Crippen LogP contribution in [0.4, 0.5) is 29.9 Å². The lowest BCUT2D eigenvalue weighted by Crippen LogP contribution is -2.20. The number of benzene rings is 2. The summed E-state index contributed by atoms with van der Waals surface area (Å²) in [4.78, 5) is 21.4. The number of thiazole rings is 1. The molecular weight excluding hydrogens is 421 g/mol. The van der Waals surface area contributed by atoms with Gasteiger partial charge in [0.15, 0.2) is 10.9 Å². The standard InChI is InChI=1S/C19H13F3N4O3S/c1-25-13-7-6-11(16(27)28)10-12(13)24-17(25)26(18-23-8-9-30-18)14-4-2-3-5-15(14)29-19(20,21)22/h2-10H,1H3,(H,27,28). The molecule has 4 aromatic rings. The molecule has 0 aliphatic heterocycles. The number of alkyl halides is 3. The first-order valence-corrected chi connectivity index (χ1v) is 9.37. The van der Waals surface area contributed by atoms with Crippen molar-refractivity contribution >= 4 is 45.1 Å². The van der Waals surface area contributed by atoms with Crippen molar-refractivity contribution < 1.29 is 27.8 Å². The number of carboxylic acids is 1. The number of ether oxygens (including phenoxy) is 1. The van der Waals surface area contributed by atoms with Crippen LogP contribution in [-0.4, -0.2) is 32.0 Å². The van der Waals surface area contributed by atoms with Crippen molar-refractivity contribution in [2.24, 2.45) is 7.05 Å². The Morgan fingerprint density at radius 1 is 1.23 bits per heavy atom. The number of aromatic carboxylic acids is 1. The van der Waals surface area contributed by atoms with Crippen LogP contribution in [0.1, 0.15) is 10.4 Å². The maximum absolute atomic E-state index is 13.0. The summed E-state index contributed by atoms with van der Waals surface area (Å²) in [5, 5.41) is 11.3. The summed E-state index contributed by atoms with van der Waals surface area (Å²) in [7, 11) is 1.68. The summed E-state index contributed by atoms with van der Waals surface area (Å²) in [5.41, 5.74) is 1.12. The minimum Gasteiger partial charge on any atom is -0.478 e. The lowest BCUT2D eigenvalue weighted by atomic mass is 10.2. The summed E-state index contributed by atoms with van der Waals surface area (Å²) < 4.78 is 44.8. The predicted molar refractivity (Wildman–Crippen MR) is 105 cm³/mol. The van der Waals surface area contributed by atoms with Gasteiger partial charge in [0.05, 0.1) is 22.3 Å². The first-order chi connectivity index (χ1) is 14.2. The van der Waals surface area contributed by atoms with Gasteiger partial charge in [0, 0.05) is 18.6 Å². The predicted octanol–water partition coefficient (Wildman–Crippen LogP) is 5.10. The Labute approximate surface area is 171 Å². The molecule has 0 atom stereocenters. The average molecular weight is 434 g/mol. The topological polar surface area (TPSA) is 80.5 Å². The fraction of sp³-hybridized carbons (Fsp3) is 0.105. The number of aromatic nitrogens is 3. The Morgan fingerprint density at radius 3 is 2.67 bits per heavy atom. The highest BCUT2D eigenvalue weighted by atomic mass is 32.1. The van der Waals surface area contributed by atoms with Crippen LogP contribution >= 0.6 is 11.3 Å². The van der Waals surface area contributed by atoms with Crippen LogP contribution in [-0.2, 0) is 7.05 Å². The van der Waals surface area contributed by atoms with Crippen LogP contribution in [0.25, 0.3) is 11.0 Å². The third-order valence-electron chi connectivity index (χ3n) is 4.25. The number of aryl methyl sites for hydroxylation is 1. The molecule has 0 saturated heterocycles. The number of rotatable bonds is 5. The average Bonchev–Trinajstić information content (AvgIpc) is 3.31. The molecule has 0 bridgehead atoms. The third-order valence-corrected chi connectivity index (χ3v) is 5.00. The van der Waals surface area contributed by atoms with E-state index in [1.165, 1.54) is 52.8 Å². The van der Waals surface area contributed by atoms with E-state index < -0.39 is 18.1 Å². The number of imidazole rings is 1. The molecule has 0 fully saturated rings. The van der Waals surface area contributed by atoms with Crippen molar-refractivity contribution in [3.05, 3.63) is 59.6 Å². The molecule has 0 radical (unpaired) electrons. The second-order valence-electron chi connectivity index (χ2n) is 6.15. The zero-order chi connectivity index (χ0) is 21.5. The van der Waals surface area contributed by atoms with Crippen molar-refractivity contribution in [1.29, 1.82) is 0 Å². The summed E-state index contributed by atoms with van der Waals surface area (Å²) in [6, 6.07) is 10.1. The van der Waals surface area contributed by atoms with E-state index in [0.29, 0.717) is 16.2 Å². The molecule has 11 heteroatoms. The lowest BCUT2D eigenvalue weighted by molar-refractivity contribution is -0.274. The number of para-hydroxylation sites is 2. The van der Waals surface area contributed by atoms with Gasteiger partial charge < -0.3 is 14.4 Å². The zero-order valence-corrected chi connectivity index (χ0v) is 16.1. The maximum atomic E-state index is 13.0. The van der Waals surface area contributed by atoms with Crippen LogP contribution < -0.4 is 9.64 Å². The molecule has 4 rings (SSSR count). The van der Waals surface area contributed by atoms with Gasteiger partial charge >= 0.3 is 12.3 Å². The number of nitrogens with zero attached hydrogens (tertiary/aromatic N) is 4. The van der Waals surface area contributed by atoms with E-state index in [1.807, 2.05) is 0 Å². The Morgan fingerprint density at radius 2 is 2.00 bits per heavy atom. The van der Waals surface area contributed by atoms with Crippen LogP contribution in [0.2, 0.25) is 0 Å². The zero-order valence-electron chi connectivity index (χ0n) is 15.3. The molecule has 0 aliphatic rings. The largest absolute Gasteiger partial charge is 0.573 e.